The van der Waals surface area contributed by atoms with Crippen LogP contribution in [0.25, 0.3) is 10.9 Å². The van der Waals surface area contributed by atoms with Crippen molar-refractivity contribution in [1.29, 1.82) is 0 Å². The number of anilines is 1. The van der Waals surface area contributed by atoms with Crippen LogP contribution in [0.4, 0.5) is 5.69 Å². The number of amides is 2. The Hall–Kier alpha value is -3.28. The minimum atomic E-state index is -0.295. The van der Waals surface area contributed by atoms with Crippen molar-refractivity contribution in [3.63, 3.8) is 0 Å². The molecule has 1 N–H and O–H groups in total. The lowest BCUT2D eigenvalue weighted by Crippen LogP contribution is -2.40. The number of nitrogens with zero attached hydrogens (tertiary/aromatic N) is 2. The summed E-state index contributed by atoms with van der Waals surface area (Å²) in [5.74, 6) is 0.524. The molecule has 1 unspecified atom stereocenters. The molecule has 1 saturated heterocycles. The van der Waals surface area contributed by atoms with Gasteiger partial charge in [0.15, 0.2) is 0 Å². The summed E-state index contributed by atoms with van der Waals surface area (Å²) < 4.78 is 5.18. The van der Waals surface area contributed by atoms with Gasteiger partial charge in [-0.25, -0.2) is 0 Å². The molecule has 2 aliphatic heterocycles. The molecule has 2 aliphatic rings. The Morgan fingerprint density at radius 1 is 1.14 bits per heavy atom. The van der Waals surface area contributed by atoms with Gasteiger partial charge in [0.05, 0.1) is 13.0 Å². The molecule has 0 spiro atoms. The van der Waals surface area contributed by atoms with E-state index in [2.05, 4.69) is 17.1 Å². The number of aromatic amines is 1. The number of methoxy groups -OCH3 is 1. The monoisotopic (exact) mass is 389 g/mol. The number of hydrogen-bond donors (Lipinski definition) is 1. The van der Waals surface area contributed by atoms with Crippen molar-refractivity contribution in [2.75, 3.05) is 25.1 Å². The van der Waals surface area contributed by atoms with E-state index in [9.17, 15) is 9.59 Å². The normalized spacial score (nSPS) is 18.9. The van der Waals surface area contributed by atoms with Crippen LogP contribution < -0.4 is 9.64 Å². The van der Waals surface area contributed by atoms with Gasteiger partial charge in [-0.3, -0.25) is 9.59 Å². The fourth-order valence-electron chi connectivity index (χ4n) is 4.50. The van der Waals surface area contributed by atoms with Gasteiger partial charge in [0.1, 0.15) is 5.75 Å². The SMILES string of the molecule is COc1ccc(N2CC(C(=O)N3CCc4[nH]c5ccccc5c4C3)CC2=O)cc1. The van der Waals surface area contributed by atoms with Crippen molar-refractivity contribution in [2.45, 2.75) is 19.4 Å². The van der Waals surface area contributed by atoms with Crippen LogP contribution in [0.1, 0.15) is 17.7 Å². The van der Waals surface area contributed by atoms with Crippen molar-refractivity contribution in [3.05, 3.63) is 59.8 Å². The van der Waals surface area contributed by atoms with Crippen LogP contribution in [-0.2, 0) is 22.6 Å². The first-order chi connectivity index (χ1) is 14.1. The minimum Gasteiger partial charge on any atom is -0.497 e. The number of ether oxygens (including phenoxy) is 1. The number of carbonyl (C=O) groups is 2. The van der Waals surface area contributed by atoms with Crippen molar-refractivity contribution in [3.8, 4) is 5.75 Å². The maximum atomic E-state index is 13.2. The second-order valence-electron chi connectivity index (χ2n) is 7.74. The number of benzene rings is 2. The van der Waals surface area contributed by atoms with Crippen molar-refractivity contribution < 1.29 is 14.3 Å². The Balaban J connectivity index is 1.33. The Morgan fingerprint density at radius 3 is 2.72 bits per heavy atom. The average Bonchev–Trinajstić information content (AvgIpc) is 3.33. The Labute approximate surface area is 169 Å². The molecule has 2 amide bonds. The standard InChI is InChI=1S/C23H23N3O3/c1-29-17-8-6-16(7-9-17)26-13-15(12-22(26)27)23(28)25-11-10-21-19(14-25)18-4-2-3-5-20(18)24-21/h2-9,15,24H,10-14H2,1H3. The second-order valence-corrected chi connectivity index (χ2v) is 7.74. The lowest BCUT2D eigenvalue weighted by atomic mass is 10.0. The lowest BCUT2D eigenvalue weighted by molar-refractivity contribution is -0.136. The van der Waals surface area contributed by atoms with Crippen LogP contribution in [0, 0.1) is 5.92 Å². The van der Waals surface area contributed by atoms with E-state index in [1.807, 2.05) is 41.3 Å². The molecule has 6 heteroatoms. The molecular weight excluding hydrogens is 366 g/mol. The highest BCUT2D eigenvalue weighted by Gasteiger charge is 2.38. The van der Waals surface area contributed by atoms with Gasteiger partial charge in [-0.15, -0.1) is 0 Å². The molecule has 1 fully saturated rings. The number of H-pyrrole nitrogens is 1. The third-order valence-corrected chi connectivity index (χ3v) is 6.05. The summed E-state index contributed by atoms with van der Waals surface area (Å²) in [6.07, 6.45) is 1.08. The molecule has 5 rings (SSSR count). The Morgan fingerprint density at radius 2 is 1.93 bits per heavy atom. The number of hydrogen-bond acceptors (Lipinski definition) is 3. The second kappa shape index (κ2) is 6.95. The molecule has 0 radical (unpaired) electrons. The first-order valence-electron chi connectivity index (χ1n) is 9.95. The smallest absolute Gasteiger partial charge is 0.228 e. The molecule has 0 bridgehead atoms. The van der Waals surface area contributed by atoms with Gasteiger partial charge in [0.25, 0.3) is 0 Å². The van der Waals surface area contributed by atoms with Gasteiger partial charge < -0.3 is 19.5 Å². The number of carbonyl (C=O) groups excluding carboxylic acids is 2. The van der Waals surface area contributed by atoms with E-state index >= 15 is 0 Å². The van der Waals surface area contributed by atoms with Crippen LogP contribution in [-0.4, -0.2) is 41.9 Å². The predicted molar refractivity (Wildman–Crippen MR) is 111 cm³/mol. The summed E-state index contributed by atoms with van der Waals surface area (Å²) >= 11 is 0. The van der Waals surface area contributed by atoms with Gasteiger partial charge in [0, 0.05) is 60.3 Å². The number of aromatic nitrogens is 1. The summed E-state index contributed by atoms with van der Waals surface area (Å²) in [6.45, 7) is 1.72. The van der Waals surface area contributed by atoms with E-state index in [1.54, 1.807) is 12.0 Å². The molecule has 3 heterocycles. The van der Waals surface area contributed by atoms with Crippen LogP contribution in [0.2, 0.25) is 0 Å². The van der Waals surface area contributed by atoms with Crippen LogP contribution in [0.15, 0.2) is 48.5 Å². The highest BCUT2D eigenvalue weighted by atomic mass is 16.5. The Bertz CT molecular complexity index is 1090. The number of fused-ring (bicyclic) bond motifs is 3. The molecule has 1 aromatic heterocycles. The van der Waals surface area contributed by atoms with Gasteiger partial charge in [-0.2, -0.15) is 0 Å². The number of nitrogens with one attached hydrogen (secondary N) is 1. The average molecular weight is 389 g/mol. The van der Waals surface area contributed by atoms with E-state index in [0.717, 1.165) is 23.4 Å². The zero-order valence-corrected chi connectivity index (χ0v) is 16.4. The zero-order chi connectivity index (χ0) is 20.0. The molecule has 0 saturated carbocycles. The van der Waals surface area contributed by atoms with Gasteiger partial charge >= 0.3 is 0 Å². The van der Waals surface area contributed by atoms with E-state index in [4.69, 9.17) is 4.74 Å². The molecule has 29 heavy (non-hydrogen) atoms. The van der Waals surface area contributed by atoms with Crippen LogP contribution in [0.5, 0.6) is 5.75 Å². The molecule has 148 valence electrons. The summed E-state index contributed by atoms with van der Waals surface area (Å²) in [5, 5.41) is 1.18. The Kier molecular flexibility index (Phi) is 4.27. The molecule has 0 aliphatic carbocycles. The summed E-state index contributed by atoms with van der Waals surface area (Å²) in [5.41, 5.74) is 4.35. The van der Waals surface area contributed by atoms with Crippen molar-refractivity contribution >= 4 is 28.4 Å². The quantitative estimate of drug-likeness (QED) is 0.749. The highest BCUT2D eigenvalue weighted by Crippen LogP contribution is 2.31. The third kappa shape index (κ3) is 3.05. The lowest BCUT2D eigenvalue weighted by Gasteiger charge is -2.29. The van der Waals surface area contributed by atoms with Gasteiger partial charge in [-0.1, -0.05) is 18.2 Å². The molecule has 1 atom stereocenters. The number of rotatable bonds is 3. The molecule has 6 nitrogen and oxygen atoms in total. The zero-order valence-electron chi connectivity index (χ0n) is 16.4. The number of para-hydroxylation sites is 1. The van der Waals surface area contributed by atoms with Crippen LogP contribution in [0.3, 0.4) is 0 Å². The largest absolute Gasteiger partial charge is 0.497 e. The first kappa shape index (κ1) is 17.8. The third-order valence-electron chi connectivity index (χ3n) is 6.05. The van der Waals surface area contributed by atoms with Crippen molar-refractivity contribution in [1.82, 2.24) is 9.88 Å². The van der Waals surface area contributed by atoms with Crippen LogP contribution >= 0.6 is 0 Å². The summed E-state index contributed by atoms with van der Waals surface area (Å²) in [6, 6.07) is 15.6. The van der Waals surface area contributed by atoms with Gasteiger partial charge in [0.2, 0.25) is 11.8 Å². The van der Waals surface area contributed by atoms with E-state index < -0.39 is 0 Å². The fourth-order valence-corrected chi connectivity index (χ4v) is 4.50. The first-order valence-corrected chi connectivity index (χ1v) is 9.95. The summed E-state index contributed by atoms with van der Waals surface area (Å²) in [7, 11) is 1.61. The van der Waals surface area contributed by atoms with Crippen molar-refractivity contribution in [2.24, 2.45) is 5.92 Å². The molecular formula is C23H23N3O3. The molecule has 3 aromatic rings. The van der Waals surface area contributed by atoms with E-state index in [1.165, 1.54) is 16.6 Å². The fraction of sp³-hybridized carbons (Fsp3) is 0.304. The van der Waals surface area contributed by atoms with Gasteiger partial charge in [-0.05, 0) is 30.3 Å². The maximum absolute atomic E-state index is 13.2. The van der Waals surface area contributed by atoms with E-state index in [-0.39, 0.29) is 24.2 Å². The predicted octanol–water partition coefficient (Wildman–Crippen LogP) is 3.11. The molecule has 2 aromatic carbocycles. The minimum absolute atomic E-state index is 0.00157. The topological polar surface area (TPSA) is 65.6 Å². The summed E-state index contributed by atoms with van der Waals surface area (Å²) in [4.78, 5) is 32.9. The maximum Gasteiger partial charge on any atom is 0.228 e. The highest BCUT2D eigenvalue weighted by molar-refractivity contribution is 6.00. The van der Waals surface area contributed by atoms with E-state index in [0.29, 0.717) is 19.6 Å².